The summed E-state index contributed by atoms with van der Waals surface area (Å²) in [5.74, 6) is -0.593. The maximum atomic E-state index is 11.3. The summed E-state index contributed by atoms with van der Waals surface area (Å²) in [6, 6.07) is 0. The van der Waals surface area contributed by atoms with E-state index in [-0.39, 0.29) is 0 Å². The number of carboxylic acids is 1. The Kier molecular flexibility index (Phi) is 3.66. The van der Waals surface area contributed by atoms with Crippen molar-refractivity contribution in [3.05, 3.63) is 59.1 Å². The van der Waals surface area contributed by atoms with Crippen LogP contribution in [0.5, 0.6) is 0 Å². The molecule has 5 heteroatoms. The molecule has 0 fully saturated rings. The second-order valence-corrected chi connectivity index (χ2v) is 4.90. The van der Waals surface area contributed by atoms with Crippen molar-refractivity contribution in [3.8, 4) is 0 Å². The quantitative estimate of drug-likeness (QED) is 0.845. The zero-order chi connectivity index (χ0) is 14.8. The summed E-state index contributed by atoms with van der Waals surface area (Å²) in [6.45, 7) is 0. The third-order valence-corrected chi connectivity index (χ3v) is 3.65. The van der Waals surface area contributed by atoms with Gasteiger partial charge >= 0.3 is 5.97 Å². The van der Waals surface area contributed by atoms with Gasteiger partial charge in [-0.05, 0) is 30.1 Å². The molecular weight excluding hydrogens is 272 g/mol. The molecule has 0 bridgehead atoms. The number of ether oxygens (including phenoxy) is 3. The van der Waals surface area contributed by atoms with Crippen molar-refractivity contribution in [2.45, 2.75) is 25.2 Å². The fraction of sp³-hybridized carbons (Fsp3) is 0.312. The minimum atomic E-state index is -1.36. The van der Waals surface area contributed by atoms with E-state index in [1.807, 2.05) is 24.3 Å². The first-order valence-corrected chi connectivity index (χ1v) is 6.77. The van der Waals surface area contributed by atoms with E-state index in [2.05, 4.69) is 0 Å². The van der Waals surface area contributed by atoms with Gasteiger partial charge in [0.2, 0.25) is 0 Å². The van der Waals surface area contributed by atoms with Crippen molar-refractivity contribution >= 4 is 5.97 Å². The summed E-state index contributed by atoms with van der Waals surface area (Å²) in [4.78, 5) is 11.3. The van der Waals surface area contributed by atoms with Crippen molar-refractivity contribution in [1.82, 2.24) is 0 Å². The van der Waals surface area contributed by atoms with Gasteiger partial charge in [-0.25, -0.2) is 4.79 Å². The molecule has 110 valence electrons. The summed E-state index contributed by atoms with van der Waals surface area (Å²) in [5, 5.41) is 9.21. The van der Waals surface area contributed by atoms with Crippen LogP contribution >= 0.6 is 0 Å². The largest absolute Gasteiger partial charge is 0.498 e. The van der Waals surface area contributed by atoms with Crippen LogP contribution in [0.15, 0.2) is 59.1 Å². The highest BCUT2D eigenvalue weighted by molar-refractivity contribution is 5.71. The molecule has 2 atom stereocenters. The van der Waals surface area contributed by atoms with Gasteiger partial charge in [0.25, 0.3) is 6.29 Å². The van der Waals surface area contributed by atoms with E-state index in [0.29, 0.717) is 5.76 Å². The number of fused-ring (bicyclic) bond motifs is 2. The number of rotatable bonds is 2. The predicted octanol–water partition coefficient (Wildman–Crippen LogP) is 2.44. The lowest BCUT2D eigenvalue weighted by Crippen LogP contribution is -2.35. The second-order valence-electron chi connectivity index (χ2n) is 4.90. The van der Waals surface area contributed by atoms with Gasteiger partial charge in [0.1, 0.15) is 11.9 Å². The lowest BCUT2D eigenvalue weighted by molar-refractivity contribution is -0.184. The Morgan fingerprint density at radius 2 is 2.29 bits per heavy atom. The molecule has 1 N–H and O–H groups in total. The third kappa shape index (κ3) is 2.52. The molecule has 3 rings (SSSR count). The molecule has 0 radical (unpaired) electrons. The zero-order valence-corrected chi connectivity index (χ0v) is 11.6. The number of carboxylic acid groups (broad SMARTS) is 1. The molecule has 0 spiro atoms. The number of hydrogen-bond acceptors (Lipinski definition) is 4. The molecule has 0 aromatic heterocycles. The molecule has 0 aromatic rings. The fourth-order valence-electron chi connectivity index (χ4n) is 2.66. The average molecular weight is 288 g/mol. The average Bonchev–Trinajstić information content (AvgIpc) is 2.49. The molecule has 1 heterocycles. The standard InChI is InChI=1S/C16H16O5/c1-19-13-8-4-7-12-11-6-3-2-5-10(11)9-20-16(15(17)18)21-14(12)13/h2,4-5,7-9,14,16H,3,6H2,1H3,(H,17,18)/b10-9?,12-11-. The van der Waals surface area contributed by atoms with Gasteiger partial charge < -0.3 is 19.3 Å². The van der Waals surface area contributed by atoms with Crippen LogP contribution in [0.1, 0.15) is 12.8 Å². The van der Waals surface area contributed by atoms with Crippen molar-refractivity contribution in [3.63, 3.8) is 0 Å². The maximum absolute atomic E-state index is 11.3. The Morgan fingerprint density at radius 3 is 3.05 bits per heavy atom. The highest BCUT2D eigenvalue weighted by Gasteiger charge is 2.33. The molecule has 3 aliphatic rings. The van der Waals surface area contributed by atoms with Crippen LogP contribution in [0.25, 0.3) is 0 Å². The highest BCUT2D eigenvalue weighted by Crippen LogP contribution is 2.35. The van der Waals surface area contributed by atoms with Gasteiger partial charge in [-0.2, -0.15) is 0 Å². The minimum Gasteiger partial charge on any atom is -0.498 e. The molecule has 2 aliphatic carbocycles. The molecule has 0 saturated carbocycles. The monoisotopic (exact) mass is 288 g/mol. The number of allylic oxidation sites excluding steroid dienone is 6. The number of hydrogen-bond donors (Lipinski definition) is 1. The summed E-state index contributed by atoms with van der Waals surface area (Å²) >= 11 is 0. The topological polar surface area (TPSA) is 65.0 Å². The molecule has 0 aromatic carbocycles. The fourth-order valence-corrected chi connectivity index (χ4v) is 2.66. The predicted molar refractivity (Wildman–Crippen MR) is 75.1 cm³/mol. The number of methoxy groups -OCH3 is 1. The molecule has 0 saturated heterocycles. The van der Waals surface area contributed by atoms with E-state index in [0.717, 1.165) is 29.6 Å². The molecule has 0 amide bonds. The molecule has 21 heavy (non-hydrogen) atoms. The summed E-state index contributed by atoms with van der Waals surface area (Å²) in [6.07, 6.45) is 10.9. The molecule has 1 aliphatic heterocycles. The zero-order valence-electron chi connectivity index (χ0n) is 11.6. The highest BCUT2D eigenvalue weighted by atomic mass is 16.7. The number of carbonyl (C=O) groups is 1. The first-order chi connectivity index (χ1) is 10.2. The lowest BCUT2D eigenvalue weighted by atomic mass is 9.87. The smallest absolute Gasteiger partial charge is 0.373 e. The van der Waals surface area contributed by atoms with E-state index in [9.17, 15) is 9.90 Å². The van der Waals surface area contributed by atoms with E-state index >= 15 is 0 Å². The molecular formula is C16H16O5. The maximum Gasteiger partial charge on any atom is 0.373 e. The van der Waals surface area contributed by atoms with Gasteiger partial charge in [-0.1, -0.05) is 24.3 Å². The first kappa shape index (κ1) is 13.7. The van der Waals surface area contributed by atoms with Crippen LogP contribution in [-0.2, 0) is 19.0 Å². The Morgan fingerprint density at radius 1 is 1.43 bits per heavy atom. The van der Waals surface area contributed by atoms with E-state index in [1.54, 1.807) is 13.2 Å². The summed E-state index contributed by atoms with van der Waals surface area (Å²) in [7, 11) is 1.55. The molecule has 5 nitrogen and oxygen atoms in total. The van der Waals surface area contributed by atoms with Gasteiger partial charge in [-0.15, -0.1) is 0 Å². The van der Waals surface area contributed by atoms with E-state index in [1.165, 1.54) is 6.26 Å². The Labute approximate surface area is 122 Å². The Bertz CT molecular complexity index is 606. The summed E-state index contributed by atoms with van der Waals surface area (Å²) in [5.41, 5.74) is 2.92. The van der Waals surface area contributed by atoms with Crippen LogP contribution in [0, 0.1) is 0 Å². The van der Waals surface area contributed by atoms with Crippen LogP contribution in [-0.4, -0.2) is 30.6 Å². The van der Waals surface area contributed by atoms with Crippen molar-refractivity contribution in [2.75, 3.05) is 7.11 Å². The van der Waals surface area contributed by atoms with Crippen molar-refractivity contribution in [2.24, 2.45) is 0 Å². The molecule has 2 unspecified atom stereocenters. The second kappa shape index (κ2) is 5.61. The van der Waals surface area contributed by atoms with Gasteiger partial charge in [0, 0.05) is 5.57 Å². The van der Waals surface area contributed by atoms with Crippen LogP contribution in [0.3, 0.4) is 0 Å². The number of aliphatic carboxylic acids is 1. The van der Waals surface area contributed by atoms with E-state index in [4.69, 9.17) is 14.2 Å². The summed E-state index contributed by atoms with van der Waals surface area (Å²) < 4.78 is 16.2. The van der Waals surface area contributed by atoms with Crippen molar-refractivity contribution in [1.29, 1.82) is 0 Å². The van der Waals surface area contributed by atoms with Gasteiger partial charge in [0.15, 0.2) is 0 Å². The van der Waals surface area contributed by atoms with Crippen molar-refractivity contribution < 1.29 is 24.1 Å². The third-order valence-electron chi connectivity index (χ3n) is 3.65. The van der Waals surface area contributed by atoms with Crippen LogP contribution < -0.4 is 0 Å². The SMILES string of the molecule is COC1=CC=C/C2=C3\CCC=CC3=COC(C(=O)O)OC12. The Hall–Kier alpha value is -2.27. The van der Waals surface area contributed by atoms with Crippen LogP contribution in [0.4, 0.5) is 0 Å². The van der Waals surface area contributed by atoms with Gasteiger partial charge in [0.05, 0.1) is 13.4 Å². The first-order valence-electron chi connectivity index (χ1n) is 6.77. The van der Waals surface area contributed by atoms with Gasteiger partial charge in [-0.3, -0.25) is 0 Å². The normalized spacial score (nSPS) is 30.9. The lowest BCUT2D eigenvalue weighted by Gasteiger charge is -2.31. The van der Waals surface area contributed by atoms with E-state index < -0.39 is 18.4 Å². The Balaban J connectivity index is 2.10. The van der Waals surface area contributed by atoms with Crippen LogP contribution in [0.2, 0.25) is 0 Å². The minimum absolute atomic E-state index is 0.564.